The maximum atomic E-state index is 10.4. The molecule has 0 radical (unpaired) electrons. The van der Waals surface area contributed by atoms with Crippen LogP contribution in [0.4, 0.5) is 0 Å². The van der Waals surface area contributed by atoms with Gasteiger partial charge >= 0.3 is 68.5 Å². The van der Waals surface area contributed by atoms with Gasteiger partial charge in [0.05, 0.1) is 22.0 Å². The summed E-state index contributed by atoms with van der Waals surface area (Å²) in [6.45, 7) is 0. The van der Waals surface area contributed by atoms with Crippen LogP contribution in [0.25, 0.3) is 0 Å². The van der Waals surface area contributed by atoms with Crippen LogP contribution in [-0.4, -0.2) is 24.1 Å². The smallest absolute Gasteiger partial charge is 0.822 e. The van der Waals surface area contributed by atoms with Crippen molar-refractivity contribution >= 4 is 78.0 Å². The van der Waals surface area contributed by atoms with Crippen molar-refractivity contribution in [1.82, 2.24) is 0 Å². The van der Waals surface area contributed by atoms with E-state index in [-0.39, 0.29) is 80.7 Å². The van der Waals surface area contributed by atoms with Crippen LogP contribution in [0.2, 0.25) is 0 Å². The zero-order valence-corrected chi connectivity index (χ0v) is 18.1. The van der Waals surface area contributed by atoms with E-state index in [1.54, 1.807) is 0 Å². The Morgan fingerprint density at radius 2 is 1.07 bits per heavy atom. The molecular formula is C6Li3N4O10PS4. The second-order valence-corrected chi connectivity index (χ2v) is 5.54. The molecule has 0 aliphatic rings. The molecule has 0 aliphatic heterocycles. The van der Waals surface area contributed by atoms with Crippen LogP contribution in [0, 0.1) is 21.3 Å². The van der Waals surface area contributed by atoms with Gasteiger partial charge in [-0.2, -0.15) is 18.3 Å². The van der Waals surface area contributed by atoms with E-state index in [4.69, 9.17) is 29.8 Å². The number of hydrogen-bond donors (Lipinski definition) is 0. The summed E-state index contributed by atoms with van der Waals surface area (Å²) in [5.41, 5.74) is 0. The van der Waals surface area contributed by atoms with Crippen LogP contribution in [0.15, 0.2) is 8.80 Å². The van der Waals surface area contributed by atoms with Crippen LogP contribution < -0.4 is 71.3 Å². The Bertz CT molecular complexity index is 602. The van der Waals surface area contributed by atoms with Crippen LogP contribution in [0.3, 0.4) is 0 Å². The number of isocyanates is 2. The van der Waals surface area contributed by atoms with Crippen LogP contribution in [0.1, 0.15) is 0 Å². The first kappa shape index (κ1) is 42.2. The third-order valence-electron chi connectivity index (χ3n) is 0.658. The van der Waals surface area contributed by atoms with Gasteiger partial charge in [-0.05, 0) is 0 Å². The molecule has 0 amide bonds. The van der Waals surface area contributed by atoms with Crippen molar-refractivity contribution in [3.05, 3.63) is 0 Å². The average molecular weight is 468 g/mol. The number of thiocyanates is 2. The average Bonchev–Trinajstić information content (AvgIpc) is 2.53. The first-order chi connectivity index (χ1) is 11.6. The predicted molar refractivity (Wildman–Crippen MR) is 77.6 cm³/mol. The van der Waals surface area contributed by atoms with Crippen molar-refractivity contribution in [2.75, 3.05) is 0 Å². The van der Waals surface area contributed by atoms with Crippen LogP contribution in [-0.2, 0) is 32.1 Å². The van der Waals surface area contributed by atoms with Crippen LogP contribution >= 0.6 is 53.9 Å². The van der Waals surface area contributed by atoms with E-state index < -0.39 is 19.8 Å². The summed E-state index contributed by atoms with van der Waals surface area (Å²) in [6.07, 6.45) is 2.51. The summed E-state index contributed by atoms with van der Waals surface area (Å²) < 4.78 is 22.5. The van der Waals surface area contributed by atoms with Crippen molar-refractivity contribution < 1.29 is 103 Å². The Hall–Kier alpha value is -0.0178. The summed E-state index contributed by atoms with van der Waals surface area (Å²) in [7, 11) is -3.86. The quantitative estimate of drug-likeness (QED) is 0.0347. The molecule has 0 unspecified atom stereocenters. The summed E-state index contributed by atoms with van der Waals surface area (Å²) in [5, 5.41) is 18.6. The van der Waals surface area contributed by atoms with Gasteiger partial charge in [0.15, 0.2) is 34.9 Å². The largest absolute Gasteiger partial charge is 1.00 e. The molecular weight excluding hydrogens is 468 g/mol. The first-order valence-corrected chi connectivity index (χ1v) is 9.38. The third-order valence-corrected chi connectivity index (χ3v) is 2.29. The molecule has 0 spiro atoms. The van der Waals surface area contributed by atoms with E-state index in [0.717, 1.165) is 22.0 Å². The number of nitrogens with zero attached hydrogens (tertiary/aromatic N) is 4. The molecule has 0 rings (SSSR count). The number of phosphoric acid groups is 1. The molecule has 0 N–H and O–H groups in total. The number of hydrogen-bond acceptors (Lipinski definition) is 18. The van der Waals surface area contributed by atoms with Gasteiger partial charge in [0.25, 0.3) is 0 Å². The number of carbonyl (C=O) groups is 2. The van der Waals surface area contributed by atoms with E-state index in [1.807, 2.05) is 0 Å². The van der Waals surface area contributed by atoms with Crippen molar-refractivity contribution in [3.63, 3.8) is 0 Å². The summed E-state index contributed by atoms with van der Waals surface area (Å²) >= 11 is 0.282. The SMILES string of the molecule is N#CSOC(=O)C(=O)OSC#N.O=C=NSSN=C=O.O=P([O-])([O-])[O-].[Li+].[Li+].[Li+]. The zero-order valence-electron chi connectivity index (χ0n) is 14.0. The fourth-order valence-electron chi connectivity index (χ4n) is 0.245. The van der Waals surface area contributed by atoms with Gasteiger partial charge in [0.2, 0.25) is 12.2 Å². The van der Waals surface area contributed by atoms with Gasteiger partial charge in [-0.3, -0.25) is 0 Å². The molecule has 14 nitrogen and oxygen atoms in total. The maximum Gasteiger partial charge on any atom is 1.00 e. The van der Waals surface area contributed by atoms with Crippen molar-refractivity contribution in [1.29, 1.82) is 10.5 Å². The van der Waals surface area contributed by atoms with Crippen molar-refractivity contribution in [2.45, 2.75) is 0 Å². The van der Waals surface area contributed by atoms with E-state index >= 15 is 0 Å². The van der Waals surface area contributed by atoms with E-state index in [0.29, 0.717) is 0 Å². The Morgan fingerprint density at radius 3 is 1.25 bits per heavy atom. The monoisotopic (exact) mass is 468 g/mol. The minimum atomic E-state index is -5.39. The molecule has 0 aromatic rings. The fraction of sp³-hybridized carbons (Fsp3) is 0. The molecule has 0 bridgehead atoms. The molecule has 0 atom stereocenters. The Balaban J connectivity index is -0.0000000666. The first-order valence-electron chi connectivity index (χ1n) is 4.37. The Morgan fingerprint density at radius 1 is 0.821 bits per heavy atom. The minimum absolute atomic E-state index is 0. The molecule has 0 saturated heterocycles. The molecule has 136 valence electrons. The van der Waals surface area contributed by atoms with Gasteiger partial charge in [-0.25, -0.2) is 19.2 Å². The van der Waals surface area contributed by atoms with Gasteiger partial charge in [0, 0.05) is 0 Å². The van der Waals surface area contributed by atoms with E-state index in [1.165, 1.54) is 23.0 Å². The second-order valence-electron chi connectivity index (χ2n) is 2.05. The summed E-state index contributed by atoms with van der Waals surface area (Å²) in [5.74, 6) is -2.66. The maximum absolute atomic E-state index is 10.4. The third kappa shape index (κ3) is 56.2. The van der Waals surface area contributed by atoms with E-state index in [9.17, 15) is 19.2 Å². The molecule has 22 heteroatoms. The normalized spacial score (nSPS) is 7.18. The molecule has 0 fully saturated rings. The van der Waals surface area contributed by atoms with Crippen molar-refractivity contribution in [2.24, 2.45) is 8.80 Å². The number of nitriles is 2. The molecule has 0 heterocycles. The van der Waals surface area contributed by atoms with Gasteiger partial charge in [-0.15, -0.1) is 8.80 Å². The summed E-state index contributed by atoms with van der Waals surface area (Å²) in [4.78, 5) is 65.1. The molecule has 0 aliphatic carbocycles. The standard InChI is InChI=1S/C4N2O4S2.C2N2O2S2.3Li.H3O4P/c5-1-11-9-3(7)4(8)10-12-2-6;5-1-3-7-8-4-2-6;;;;1-5(2,3)4/h;;;;;(H3,1,2,3,4)/q;;3*+1;/p-3. The van der Waals surface area contributed by atoms with Gasteiger partial charge in [-0.1, -0.05) is 0 Å². The van der Waals surface area contributed by atoms with Gasteiger partial charge in [0.1, 0.15) is 0 Å². The number of carbonyl (C=O) groups excluding carboxylic acids is 4. The molecule has 0 saturated carbocycles. The predicted octanol–water partition coefficient (Wildman–Crippen LogP) is -10.6. The topological polar surface area (TPSA) is 245 Å². The van der Waals surface area contributed by atoms with Crippen LogP contribution in [0.5, 0.6) is 0 Å². The summed E-state index contributed by atoms with van der Waals surface area (Å²) in [6, 6.07) is 0. The molecule has 0 aromatic heterocycles. The zero-order chi connectivity index (χ0) is 20.1. The minimum Gasteiger partial charge on any atom is -0.822 e. The molecule has 28 heavy (non-hydrogen) atoms. The molecule has 0 aromatic carbocycles. The Kier molecular flexibility index (Phi) is 47.7. The van der Waals surface area contributed by atoms with Gasteiger partial charge < -0.3 is 27.6 Å². The van der Waals surface area contributed by atoms with Crippen molar-refractivity contribution in [3.8, 4) is 10.8 Å². The second kappa shape index (κ2) is 31.7. The van der Waals surface area contributed by atoms with E-state index in [2.05, 4.69) is 17.2 Å². The number of rotatable bonds is 5. The Labute approximate surface area is 209 Å². The fourth-order valence-corrected chi connectivity index (χ4v) is 1.12.